The lowest BCUT2D eigenvalue weighted by atomic mass is 10.2. The summed E-state index contributed by atoms with van der Waals surface area (Å²) in [5, 5.41) is 2.81. The Bertz CT molecular complexity index is 660. The number of fused-ring (bicyclic) bond motifs is 1. The maximum Gasteiger partial charge on any atom is 0.243 e. The molecule has 3 rings (SSSR count). The van der Waals surface area contributed by atoms with Gasteiger partial charge in [0.2, 0.25) is 5.91 Å². The standard InChI is InChI=1S/C17H17FN2OS/c18-13-6-8-14(9-7-13)19-17(21)12-20-10-3-11-22-16-5-2-1-4-15(16)20/h1-2,4-9H,3,10-12H2,(H,19,21). The van der Waals surface area contributed by atoms with Crippen molar-refractivity contribution in [3.8, 4) is 0 Å². The zero-order valence-corrected chi connectivity index (χ0v) is 12.9. The van der Waals surface area contributed by atoms with Crippen LogP contribution in [0.2, 0.25) is 0 Å². The summed E-state index contributed by atoms with van der Waals surface area (Å²) in [4.78, 5) is 15.6. The number of nitrogens with one attached hydrogen (secondary N) is 1. The Labute approximate surface area is 133 Å². The number of hydrogen-bond donors (Lipinski definition) is 1. The Hall–Kier alpha value is -2.01. The second-order valence-electron chi connectivity index (χ2n) is 5.15. The first-order valence-corrected chi connectivity index (χ1v) is 8.23. The molecule has 2 aromatic rings. The van der Waals surface area contributed by atoms with Crippen LogP contribution in [0.25, 0.3) is 0 Å². The molecule has 0 bridgehead atoms. The highest BCUT2D eigenvalue weighted by atomic mass is 32.2. The second kappa shape index (κ2) is 6.83. The third kappa shape index (κ3) is 3.60. The van der Waals surface area contributed by atoms with Crippen LogP contribution in [-0.4, -0.2) is 24.7 Å². The van der Waals surface area contributed by atoms with Crippen LogP contribution in [-0.2, 0) is 4.79 Å². The maximum absolute atomic E-state index is 12.9. The third-order valence-electron chi connectivity index (χ3n) is 3.50. The van der Waals surface area contributed by atoms with Gasteiger partial charge < -0.3 is 10.2 Å². The van der Waals surface area contributed by atoms with Gasteiger partial charge in [-0.2, -0.15) is 0 Å². The molecular formula is C17H17FN2OS. The summed E-state index contributed by atoms with van der Waals surface area (Å²) in [6.07, 6.45) is 1.04. The van der Waals surface area contributed by atoms with E-state index in [1.54, 1.807) is 12.1 Å². The van der Waals surface area contributed by atoms with Gasteiger partial charge in [0.25, 0.3) is 0 Å². The van der Waals surface area contributed by atoms with E-state index in [0.717, 1.165) is 24.4 Å². The van der Waals surface area contributed by atoms with E-state index in [1.165, 1.54) is 17.0 Å². The van der Waals surface area contributed by atoms with Crippen LogP contribution in [0.4, 0.5) is 15.8 Å². The highest BCUT2D eigenvalue weighted by molar-refractivity contribution is 7.99. The number of benzene rings is 2. The minimum absolute atomic E-state index is 0.0895. The zero-order valence-electron chi connectivity index (χ0n) is 12.1. The summed E-state index contributed by atoms with van der Waals surface area (Å²) in [6.45, 7) is 1.16. The fourth-order valence-electron chi connectivity index (χ4n) is 2.47. The van der Waals surface area contributed by atoms with Crippen LogP contribution >= 0.6 is 11.8 Å². The normalized spacial score (nSPS) is 14.1. The molecule has 1 aliphatic rings. The number of thioether (sulfide) groups is 1. The molecule has 5 heteroatoms. The second-order valence-corrected chi connectivity index (χ2v) is 6.28. The molecule has 0 saturated heterocycles. The molecular weight excluding hydrogens is 299 g/mol. The molecule has 0 radical (unpaired) electrons. The minimum Gasteiger partial charge on any atom is -0.361 e. The summed E-state index contributed by atoms with van der Waals surface area (Å²) in [6, 6.07) is 14.0. The van der Waals surface area contributed by atoms with Crippen LogP contribution in [0.5, 0.6) is 0 Å². The molecule has 1 aliphatic heterocycles. The predicted octanol–water partition coefficient (Wildman–Crippen LogP) is 3.77. The van der Waals surface area contributed by atoms with Crippen LogP contribution in [0.15, 0.2) is 53.4 Å². The van der Waals surface area contributed by atoms with Crippen molar-refractivity contribution in [1.29, 1.82) is 0 Å². The van der Waals surface area contributed by atoms with Crippen LogP contribution in [0.3, 0.4) is 0 Å². The Morgan fingerprint density at radius 2 is 1.95 bits per heavy atom. The predicted molar refractivity (Wildman–Crippen MR) is 89.0 cm³/mol. The number of anilines is 2. The number of rotatable bonds is 3. The molecule has 0 unspecified atom stereocenters. The average Bonchev–Trinajstić information content (AvgIpc) is 2.72. The first-order chi connectivity index (χ1) is 10.7. The number of hydrogen-bond acceptors (Lipinski definition) is 3. The molecule has 3 nitrogen and oxygen atoms in total. The first-order valence-electron chi connectivity index (χ1n) is 7.24. The topological polar surface area (TPSA) is 32.3 Å². The van der Waals surface area contributed by atoms with E-state index in [1.807, 2.05) is 23.9 Å². The van der Waals surface area contributed by atoms with Gasteiger partial charge >= 0.3 is 0 Å². The Kier molecular flexibility index (Phi) is 4.63. The highest BCUT2D eigenvalue weighted by Crippen LogP contribution is 2.33. The average molecular weight is 316 g/mol. The maximum atomic E-state index is 12.9. The van der Waals surface area contributed by atoms with Crippen LogP contribution < -0.4 is 10.2 Å². The minimum atomic E-state index is -0.309. The van der Waals surface area contributed by atoms with Gasteiger partial charge in [0.1, 0.15) is 5.82 Å². The van der Waals surface area contributed by atoms with E-state index >= 15 is 0 Å². The molecule has 0 aliphatic carbocycles. The van der Waals surface area contributed by atoms with Crippen molar-refractivity contribution in [3.05, 3.63) is 54.3 Å². The fourth-order valence-corrected chi connectivity index (χ4v) is 3.48. The molecule has 0 spiro atoms. The Balaban J connectivity index is 1.69. The van der Waals surface area contributed by atoms with Crippen molar-refractivity contribution in [1.82, 2.24) is 0 Å². The molecule has 0 aromatic heterocycles. The molecule has 1 amide bonds. The van der Waals surface area contributed by atoms with Crippen LogP contribution in [0.1, 0.15) is 6.42 Å². The molecule has 2 aromatic carbocycles. The quantitative estimate of drug-likeness (QED) is 0.935. The molecule has 0 fully saturated rings. The van der Waals surface area contributed by atoms with Crippen molar-refractivity contribution in [2.24, 2.45) is 0 Å². The molecule has 1 heterocycles. The number of nitrogens with zero attached hydrogens (tertiary/aromatic N) is 1. The summed E-state index contributed by atoms with van der Waals surface area (Å²) >= 11 is 1.83. The fraction of sp³-hybridized carbons (Fsp3) is 0.235. The number of amides is 1. The van der Waals surface area contributed by atoms with E-state index < -0.39 is 0 Å². The van der Waals surface area contributed by atoms with Gasteiger partial charge in [0.15, 0.2) is 0 Å². The third-order valence-corrected chi connectivity index (χ3v) is 4.65. The van der Waals surface area contributed by atoms with Crippen molar-refractivity contribution < 1.29 is 9.18 Å². The zero-order chi connectivity index (χ0) is 15.4. The molecule has 0 atom stereocenters. The molecule has 1 N–H and O–H groups in total. The summed E-state index contributed by atoms with van der Waals surface area (Å²) in [5.74, 6) is 0.664. The monoisotopic (exact) mass is 316 g/mol. The lowest BCUT2D eigenvalue weighted by Gasteiger charge is -2.23. The van der Waals surface area contributed by atoms with E-state index in [2.05, 4.69) is 22.3 Å². The summed E-state index contributed by atoms with van der Waals surface area (Å²) in [7, 11) is 0. The van der Waals surface area contributed by atoms with Gasteiger partial charge in [-0.1, -0.05) is 12.1 Å². The van der Waals surface area contributed by atoms with Gasteiger partial charge in [-0.15, -0.1) is 11.8 Å². The molecule has 114 valence electrons. The van der Waals surface area contributed by atoms with Gasteiger partial charge in [-0.3, -0.25) is 4.79 Å². The number of carbonyl (C=O) groups is 1. The number of carbonyl (C=O) groups excluding carboxylic acids is 1. The summed E-state index contributed by atoms with van der Waals surface area (Å²) in [5.41, 5.74) is 1.73. The van der Waals surface area contributed by atoms with Gasteiger partial charge in [-0.25, -0.2) is 4.39 Å². The molecule has 0 saturated carbocycles. The number of halogens is 1. The van der Waals surface area contributed by atoms with Crippen molar-refractivity contribution in [3.63, 3.8) is 0 Å². The smallest absolute Gasteiger partial charge is 0.243 e. The van der Waals surface area contributed by atoms with E-state index in [4.69, 9.17) is 0 Å². The van der Waals surface area contributed by atoms with E-state index in [0.29, 0.717) is 12.2 Å². The van der Waals surface area contributed by atoms with Crippen molar-refractivity contribution in [2.45, 2.75) is 11.3 Å². The largest absolute Gasteiger partial charge is 0.361 e. The van der Waals surface area contributed by atoms with E-state index in [-0.39, 0.29) is 11.7 Å². The van der Waals surface area contributed by atoms with Crippen molar-refractivity contribution in [2.75, 3.05) is 29.1 Å². The first kappa shape index (κ1) is 14.9. The van der Waals surface area contributed by atoms with Gasteiger partial charge in [0.05, 0.1) is 12.2 Å². The highest BCUT2D eigenvalue weighted by Gasteiger charge is 2.17. The van der Waals surface area contributed by atoms with Gasteiger partial charge in [-0.05, 0) is 48.6 Å². The SMILES string of the molecule is O=C(CN1CCCSc2ccccc21)Nc1ccc(F)cc1. The van der Waals surface area contributed by atoms with Gasteiger partial charge in [0, 0.05) is 17.1 Å². The van der Waals surface area contributed by atoms with Crippen molar-refractivity contribution >= 4 is 29.0 Å². The lowest BCUT2D eigenvalue weighted by Crippen LogP contribution is -2.34. The summed E-state index contributed by atoms with van der Waals surface area (Å²) < 4.78 is 12.9. The van der Waals surface area contributed by atoms with Crippen LogP contribution in [0, 0.1) is 5.82 Å². The lowest BCUT2D eigenvalue weighted by molar-refractivity contribution is -0.115. The van der Waals surface area contributed by atoms with E-state index in [9.17, 15) is 9.18 Å². The Morgan fingerprint density at radius 1 is 1.18 bits per heavy atom. The molecule has 22 heavy (non-hydrogen) atoms. The number of para-hydroxylation sites is 1. The Morgan fingerprint density at radius 3 is 2.77 bits per heavy atom.